The highest BCUT2D eigenvalue weighted by Gasteiger charge is 2.16. The summed E-state index contributed by atoms with van der Waals surface area (Å²) in [5.41, 5.74) is 0.727. The molecule has 0 unspecified atom stereocenters. The third kappa shape index (κ3) is 3.85. The van der Waals surface area contributed by atoms with E-state index in [1.807, 2.05) is 0 Å². The van der Waals surface area contributed by atoms with Crippen LogP contribution in [0.4, 0.5) is 0 Å². The third-order valence-electron chi connectivity index (χ3n) is 2.45. The zero-order valence-corrected chi connectivity index (χ0v) is 10.8. The first-order valence-corrected chi connectivity index (χ1v) is 6.98. The van der Waals surface area contributed by atoms with Gasteiger partial charge in [0.2, 0.25) is 0 Å². The summed E-state index contributed by atoms with van der Waals surface area (Å²) in [5, 5.41) is 0. The molecule has 1 aromatic carbocycles. The number of carbonyl (C=O) groups is 1. The SMILES string of the molecule is COC(=O)CCCS(=O)(=O)c1ccccc1C. The molecule has 0 saturated heterocycles. The maximum atomic E-state index is 12.0. The topological polar surface area (TPSA) is 60.4 Å². The van der Waals surface area contributed by atoms with Gasteiger partial charge in [-0.1, -0.05) is 18.2 Å². The Hall–Kier alpha value is -1.36. The first-order chi connectivity index (χ1) is 7.97. The van der Waals surface area contributed by atoms with E-state index in [1.165, 1.54) is 7.11 Å². The van der Waals surface area contributed by atoms with Crippen molar-refractivity contribution in [2.75, 3.05) is 12.9 Å². The summed E-state index contributed by atoms with van der Waals surface area (Å²) in [6.45, 7) is 1.76. The van der Waals surface area contributed by atoms with Crippen molar-refractivity contribution < 1.29 is 17.9 Å². The van der Waals surface area contributed by atoms with Crippen molar-refractivity contribution in [2.24, 2.45) is 0 Å². The number of ether oxygens (including phenoxy) is 1. The molecular weight excluding hydrogens is 240 g/mol. The van der Waals surface area contributed by atoms with Gasteiger partial charge in [-0.15, -0.1) is 0 Å². The van der Waals surface area contributed by atoms with Crippen LogP contribution in [0.5, 0.6) is 0 Å². The average Bonchev–Trinajstić information content (AvgIpc) is 2.28. The fourth-order valence-corrected chi connectivity index (χ4v) is 3.11. The van der Waals surface area contributed by atoms with Crippen molar-refractivity contribution >= 4 is 15.8 Å². The normalized spacial score (nSPS) is 11.2. The zero-order valence-electron chi connectivity index (χ0n) is 9.97. The van der Waals surface area contributed by atoms with E-state index >= 15 is 0 Å². The maximum absolute atomic E-state index is 12.0. The minimum atomic E-state index is -3.30. The molecule has 0 fully saturated rings. The standard InChI is InChI=1S/C12H16O4S/c1-10-6-3-4-7-11(10)17(14,15)9-5-8-12(13)16-2/h3-4,6-7H,5,8-9H2,1-2H3. The summed E-state index contributed by atoms with van der Waals surface area (Å²) in [5.74, 6) is -0.419. The highest BCUT2D eigenvalue weighted by atomic mass is 32.2. The molecule has 5 heteroatoms. The lowest BCUT2D eigenvalue weighted by atomic mass is 10.2. The van der Waals surface area contributed by atoms with Crippen LogP contribution >= 0.6 is 0 Å². The molecule has 0 bridgehead atoms. The lowest BCUT2D eigenvalue weighted by molar-refractivity contribution is -0.140. The smallest absolute Gasteiger partial charge is 0.305 e. The third-order valence-corrected chi connectivity index (χ3v) is 4.40. The van der Waals surface area contributed by atoms with Crippen molar-refractivity contribution in [3.63, 3.8) is 0 Å². The Morgan fingerprint density at radius 3 is 2.53 bits per heavy atom. The molecule has 0 atom stereocenters. The second kappa shape index (κ2) is 5.82. The van der Waals surface area contributed by atoms with Crippen LogP contribution in [0.3, 0.4) is 0 Å². The van der Waals surface area contributed by atoms with Gasteiger partial charge < -0.3 is 4.74 Å². The van der Waals surface area contributed by atoms with Crippen LogP contribution in [0.1, 0.15) is 18.4 Å². The van der Waals surface area contributed by atoms with Gasteiger partial charge in [-0.2, -0.15) is 0 Å². The van der Waals surface area contributed by atoms with Gasteiger partial charge in [0.1, 0.15) is 0 Å². The number of benzene rings is 1. The molecule has 0 N–H and O–H groups in total. The van der Waals surface area contributed by atoms with E-state index in [0.717, 1.165) is 5.56 Å². The molecule has 0 spiro atoms. The molecule has 0 heterocycles. The van der Waals surface area contributed by atoms with E-state index in [0.29, 0.717) is 4.90 Å². The molecule has 0 aromatic heterocycles. The summed E-state index contributed by atoms with van der Waals surface area (Å²) >= 11 is 0. The van der Waals surface area contributed by atoms with E-state index < -0.39 is 9.84 Å². The molecule has 1 aromatic rings. The first kappa shape index (κ1) is 13.7. The van der Waals surface area contributed by atoms with E-state index in [-0.39, 0.29) is 24.6 Å². The Morgan fingerprint density at radius 2 is 1.94 bits per heavy atom. The molecule has 4 nitrogen and oxygen atoms in total. The summed E-state index contributed by atoms with van der Waals surface area (Å²) in [4.78, 5) is 11.2. The minimum absolute atomic E-state index is 0.0348. The lowest BCUT2D eigenvalue weighted by Crippen LogP contribution is -2.10. The van der Waals surface area contributed by atoms with Gasteiger partial charge in [0.25, 0.3) is 0 Å². The molecule has 0 aliphatic heterocycles. The number of rotatable bonds is 5. The Kier molecular flexibility index (Phi) is 4.69. The van der Waals surface area contributed by atoms with Crippen molar-refractivity contribution in [1.29, 1.82) is 0 Å². The van der Waals surface area contributed by atoms with Crippen molar-refractivity contribution in [3.05, 3.63) is 29.8 Å². The molecule has 0 aliphatic carbocycles. The molecule has 0 saturated carbocycles. The summed E-state index contributed by atoms with van der Waals surface area (Å²) < 4.78 is 28.4. The van der Waals surface area contributed by atoms with Crippen LogP contribution in [-0.4, -0.2) is 27.2 Å². The van der Waals surface area contributed by atoms with Crippen LogP contribution < -0.4 is 0 Å². The quantitative estimate of drug-likeness (QED) is 0.753. The van der Waals surface area contributed by atoms with E-state index in [1.54, 1.807) is 31.2 Å². The second-order valence-electron chi connectivity index (χ2n) is 3.76. The van der Waals surface area contributed by atoms with E-state index in [9.17, 15) is 13.2 Å². The number of carbonyl (C=O) groups excluding carboxylic acids is 1. The summed E-state index contributed by atoms with van der Waals surface area (Å²) in [6, 6.07) is 6.83. The number of hydrogen-bond donors (Lipinski definition) is 0. The number of sulfone groups is 1. The Balaban J connectivity index is 2.70. The van der Waals surface area contributed by atoms with Crippen LogP contribution in [-0.2, 0) is 19.4 Å². The number of hydrogen-bond acceptors (Lipinski definition) is 4. The lowest BCUT2D eigenvalue weighted by Gasteiger charge is -2.06. The molecule has 17 heavy (non-hydrogen) atoms. The van der Waals surface area contributed by atoms with Crippen LogP contribution in [0.2, 0.25) is 0 Å². The van der Waals surface area contributed by atoms with Gasteiger partial charge in [0.05, 0.1) is 17.8 Å². The fourth-order valence-electron chi connectivity index (χ4n) is 1.52. The highest BCUT2D eigenvalue weighted by Crippen LogP contribution is 2.17. The molecular formula is C12H16O4S. The van der Waals surface area contributed by atoms with Gasteiger partial charge in [0, 0.05) is 6.42 Å². The Bertz CT molecular complexity index is 491. The molecule has 0 amide bonds. The first-order valence-electron chi connectivity index (χ1n) is 5.32. The maximum Gasteiger partial charge on any atom is 0.305 e. The predicted octanol–water partition coefficient (Wildman–Crippen LogP) is 1.72. The van der Waals surface area contributed by atoms with Crippen LogP contribution in [0.15, 0.2) is 29.2 Å². The predicted molar refractivity (Wildman–Crippen MR) is 64.5 cm³/mol. The van der Waals surface area contributed by atoms with Gasteiger partial charge in [-0.25, -0.2) is 8.42 Å². The zero-order chi connectivity index (χ0) is 12.9. The number of esters is 1. The number of aryl methyl sites for hydroxylation is 1. The molecule has 94 valence electrons. The number of methoxy groups -OCH3 is 1. The van der Waals surface area contributed by atoms with E-state index in [4.69, 9.17) is 0 Å². The van der Waals surface area contributed by atoms with Gasteiger partial charge in [-0.3, -0.25) is 4.79 Å². The van der Waals surface area contributed by atoms with Gasteiger partial charge >= 0.3 is 5.97 Å². The van der Waals surface area contributed by atoms with E-state index in [2.05, 4.69) is 4.74 Å². The molecule has 0 aliphatic rings. The van der Waals surface area contributed by atoms with Crippen molar-refractivity contribution in [3.8, 4) is 0 Å². The Morgan fingerprint density at radius 1 is 1.29 bits per heavy atom. The van der Waals surface area contributed by atoms with Gasteiger partial charge in [-0.05, 0) is 25.0 Å². The summed E-state index contributed by atoms with van der Waals surface area (Å²) in [6.07, 6.45) is 0.408. The van der Waals surface area contributed by atoms with Crippen molar-refractivity contribution in [1.82, 2.24) is 0 Å². The monoisotopic (exact) mass is 256 g/mol. The van der Waals surface area contributed by atoms with Crippen LogP contribution in [0.25, 0.3) is 0 Å². The van der Waals surface area contributed by atoms with Gasteiger partial charge in [0.15, 0.2) is 9.84 Å². The summed E-state index contributed by atoms with van der Waals surface area (Å²) in [7, 11) is -2.01. The highest BCUT2D eigenvalue weighted by molar-refractivity contribution is 7.91. The Labute approximate surface area is 102 Å². The largest absolute Gasteiger partial charge is 0.469 e. The van der Waals surface area contributed by atoms with Crippen LogP contribution in [0, 0.1) is 6.92 Å². The second-order valence-corrected chi connectivity index (χ2v) is 5.84. The average molecular weight is 256 g/mol. The molecule has 1 rings (SSSR count). The van der Waals surface area contributed by atoms with Crippen molar-refractivity contribution in [2.45, 2.75) is 24.7 Å². The molecule has 0 radical (unpaired) electrons. The minimum Gasteiger partial charge on any atom is -0.469 e. The fraction of sp³-hybridized carbons (Fsp3) is 0.417.